The lowest BCUT2D eigenvalue weighted by Gasteiger charge is -2.51. The summed E-state index contributed by atoms with van der Waals surface area (Å²) in [6.07, 6.45) is 5.25. The Bertz CT molecular complexity index is 205. The van der Waals surface area contributed by atoms with E-state index in [9.17, 15) is 0 Å². The number of hydrogen-bond donors (Lipinski definition) is 1. The molecular weight excluding hydrogens is 196 g/mol. The zero-order chi connectivity index (χ0) is 12.2. The van der Waals surface area contributed by atoms with Crippen LogP contribution in [0.1, 0.15) is 53.4 Å². The van der Waals surface area contributed by atoms with E-state index in [0.717, 1.165) is 24.9 Å². The van der Waals surface area contributed by atoms with E-state index in [1.807, 2.05) is 0 Å². The molecule has 0 amide bonds. The topological polar surface area (TPSA) is 29.3 Å². The Labute approximate surface area is 102 Å². The van der Waals surface area contributed by atoms with Crippen molar-refractivity contribution in [3.8, 4) is 0 Å². The molecule has 2 heteroatoms. The summed E-state index contributed by atoms with van der Waals surface area (Å²) in [4.78, 5) is 2.65. The number of hydrogen-bond acceptors (Lipinski definition) is 2. The third-order valence-electron chi connectivity index (χ3n) is 4.57. The van der Waals surface area contributed by atoms with Gasteiger partial charge in [-0.1, -0.05) is 34.1 Å². The number of rotatable bonds is 5. The van der Waals surface area contributed by atoms with Gasteiger partial charge < -0.3 is 5.73 Å². The molecule has 0 heterocycles. The van der Waals surface area contributed by atoms with Crippen LogP contribution in [0.2, 0.25) is 0 Å². The molecule has 0 aromatic heterocycles. The van der Waals surface area contributed by atoms with Crippen molar-refractivity contribution >= 4 is 0 Å². The first-order valence-electron chi connectivity index (χ1n) is 7.05. The van der Waals surface area contributed by atoms with E-state index in [1.165, 1.54) is 32.2 Å². The Morgan fingerprint density at radius 3 is 2.44 bits per heavy atom. The van der Waals surface area contributed by atoms with E-state index in [1.54, 1.807) is 0 Å². The molecule has 1 fully saturated rings. The Morgan fingerprint density at radius 2 is 1.94 bits per heavy atom. The molecule has 1 saturated carbocycles. The maximum absolute atomic E-state index is 6.16. The summed E-state index contributed by atoms with van der Waals surface area (Å²) in [5.41, 5.74) is 6.44. The Hall–Kier alpha value is -0.0800. The number of nitrogens with zero attached hydrogens (tertiary/aromatic N) is 1. The van der Waals surface area contributed by atoms with Gasteiger partial charge in [-0.2, -0.15) is 0 Å². The first kappa shape index (κ1) is 14.0. The van der Waals surface area contributed by atoms with Crippen molar-refractivity contribution < 1.29 is 0 Å². The SMILES string of the molecule is CCCN(CC)C1(CN)CC(C)CCC1C. The second-order valence-corrected chi connectivity index (χ2v) is 5.68. The lowest BCUT2D eigenvalue weighted by molar-refractivity contribution is -0.000498. The van der Waals surface area contributed by atoms with Gasteiger partial charge in [0.05, 0.1) is 0 Å². The zero-order valence-electron chi connectivity index (χ0n) is 11.6. The van der Waals surface area contributed by atoms with Crippen LogP contribution in [-0.2, 0) is 0 Å². The highest BCUT2D eigenvalue weighted by molar-refractivity contribution is 4.99. The highest BCUT2D eigenvalue weighted by Gasteiger charge is 2.43. The quantitative estimate of drug-likeness (QED) is 0.781. The summed E-state index contributed by atoms with van der Waals surface area (Å²) in [6, 6.07) is 0. The summed E-state index contributed by atoms with van der Waals surface area (Å²) in [5.74, 6) is 1.59. The zero-order valence-corrected chi connectivity index (χ0v) is 11.6. The minimum Gasteiger partial charge on any atom is -0.329 e. The van der Waals surface area contributed by atoms with Gasteiger partial charge in [0.25, 0.3) is 0 Å². The first-order chi connectivity index (χ1) is 7.60. The standard InChI is InChI=1S/C14H30N2/c1-5-9-16(6-2)14(11-15)10-12(3)7-8-13(14)4/h12-13H,5-11,15H2,1-4H3. The highest BCUT2D eigenvalue weighted by Crippen LogP contribution is 2.40. The Kier molecular flexibility index (Phi) is 5.26. The minimum absolute atomic E-state index is 0.280. The van der Waals surface area contributed by atoms with Crippen molar-refractivity contribution in [1.29, 1.82) is 0 Å². The van der Waals surface area contributed by atoms with Crippen LogP contribution in [0.5, 0.6) is 0 Å². The van der Waals surface area contributed by atoms with Gasteiger partial charge in [0.1, 0.15) is 0 Å². The normalized spacial score (nSPS) is 35.6. The van der Waals surface area contributed by atoms with Crippen molar-refractivity contribution in [1.82, 2.24) is 4.90 Å². The molecule has 3 unspecified atom stereocenters. The van der Waals surface area contributed by atoms with Gasteiger partial charge in [-0.3, -0.25) is 4.90 Å². The summed E-state index contributed by atoms with van der Waals surface area (Å²) in [7, 11) is 0. The summed E-state index contributed by atoms with van der Waals surface area (Å²) >= 11 is 0. The molecule has 16 heavy (non-hydrogen) atoms. The largest absolute Gasteiger partial charge is 0.329 e. The maximum Gasteiger partial charge on any atom is 0.0359 e. The fourth-order valence-corrected chi connectivity index (χ4v) is 3.53. The van der Waals surface area contributed by atoms with Gasteiger partial charge >= 0.3 is 0 Å². The third kappa shape index (κ3) is 2.60. The van der Waals surface area contributed by atoms with Crippen LogP contribution in [0, 0.1) is 11.8 Å². The summed E-state index contributed by atoms with van der Waals surface area (Å²) < 4.78 is 0. The predicted octanol–water partition coefficient (Wildman–Crippen LogP) is 2.87. The molecule has 0 bridgehead atoms. The smallest absolute Gasteiger partial charge is 0.0359 e. The second kappa shape index (κ2) is 6.02. The molecule has 96 valence electrons. The molecule has 2 nitrogen and oxygen atoms in total. The fourth-order valence-electron chi connectivity index (χ4n) is 3.53. The fraction of sp³-hybridized carbons (Fsp3) is 1.00. The molecule has 2 N–H and O–H groups in total. The van der Waals surface area contributed by atoms with E-state index in [0.29, 0.717) is 0 Å². The predicted molar refractivity (Wildman–Crippen MR) is 71.5 cm³/mol. The second-order valence-electron chi connectivity index (χ2n) is 5.68. The van der Waals surface area contributed by atoms with E-state index in [-0.39, 0.29) is 5.54 Å². The van der Waals surface area contributed by atoms with Crippen LogP contribution < -0.4 is 5.73 Å². The molecule has 1 aliphatic carbocycles. The van der Waals surface area contributed by atoms with E-state index < -0.39 is 0 Å². The lowest BCUT2D eigenvalue weighted by Crippen LogP contribution is -2.60. The van der Waals surface area contributed by atoms with Crippen molar-refractivity contribution in [3.05, 3.63) is 0 Å². The molecule has 1 rings (SSSR count). The lowest BCUT2D eigenvalue weighted by atomic mass is 9.68. The first-order valence-corrected chi connectivity index (χ1v) is 7.05. The summed E-state index contributed by atoms with van der Waals surface area (Å²) in [5, 5.41) is 0. The average molecular weight is 226 g/mol. The maximum atomic E-state index is 6.16. The van der Waals surface area contributed by atoms with Crippen LogP contribution in [0.4, 0.5) is 0 Å². The van der Waals surface area contributed by atoms with Crippen molar-refractivity contribution in [3.63, 3.8) is 0 Å². The van der Waals surface area contributed by atoms with Crippen molar-refractivity contribution in [2.45, 2.75) is 58.9 Å². The van der Waals surface area contributed by atoms with E-state index in [4.69, 9.17) is 5.73 Å². The molecule has 0 aromatic carbocycles. The van der Waals surface area contributed by atoms with Crippen molar-refractivity contribution in [2.75, 3.05) is 19.6 Å². The molecule has 0 aliphatic heterocycles. The number of likely N-dealkylation sites (N-methyl/N-ethyl adjacent to an activating group) is 1. The van der Waals surface area contributed by atoms with E-state index >= 15 is 0 Å². The minimum atomic E-state index is 0.280. The molecule has 0 aromatic rings. The van der Waals surface area contributed by atoms with Crippen LogP contribution in [0.25, 0.3) is 0 Å². The van der Waals surface area contributed by atoms with Gasteiger partial charge in [0, 0.05) is 12.1 Å². The monoisotopic (exact) mass is 226 g/mol. The molecule has 0 spiro atoms. The molecule has 1 aliphatic rings. The molecule has 0 saturated heterocycles. The van der Waals surface area contributed by atoms with Crippen molar-refractivity contribution in [2.24, 2.45) is 17.6 Å². The van der Waals surface area contributed by atoms with Gasteiger partial charge in [-0.25, -0.2) is 0 Å². The molecular formula is C14H30N2. The van der Waals surface area contributed by atoms with Crippen LogP contribution >= 0.6 is 0 Å². The van der Waals surface area contributed by atoms with Gasteiger partial charge in [0.15, 0.2) is 0 Å². The highest BCUT2D eigenvalue weighted by atomic mass is 15.2. The summed E-state index contributed by atoms with van der Waals surface area (Å²) in [6.45, 7) is 12.5. The van der Waals surface area contributed by atoms with E-state index in [2.05, 4.69) is 32.6 Å². The van der Waals surface area contributed by atoms with Gasteiger partial charge in [-0.05, 0) is 44.2 Å². The van der Waals surface area contributed by atoms with Crippen LogP contribution in [-0.4, -0.2) is 30.1 Å². The Balaban J connectivity index is 2.86. The van der Waals surface area contributed by atoms with Gasteiger partial charge in [-0.15, -0.1) is 0 Å². The average Bonchev–Trinajstić information content (AvgIpc) is 2.29. The van der Waals surface area contributed by atoms with Gasteiger partial charge in [0.2, 0.25) is 0 Å². The molecule has 3 atom stereocenters. The van der Waals surface area contributed by atoms with Crippen LogP contribution in [0.15, 0.2) is 0 Å². The third-order valence-corrected chi connectivity index (χ3v) is 4.57. The molecule has 0 radical (unpaired) electrons. The Morgan fingerprint density at radius 1 is 1.25 bits per heavy atom. The van der Waals surface area contributed by atoms with Crippen LogP contribution in [0.3, 0.4) is 0 Å². The number of nitrogens with two attached hydrogens (primary N) is 1.